The van der Waals surface area contributed by atoms with Gasteiger partial charge in [0, 0.05) is 54.6 Å². The highest BCUT2D eigenvalue weighted by Crippen LogP contribution is 2.24. The Morgan fingerprint density at radius 2 is 1.87 bits per heavy atom. The first kappa shape index (κ1) is 22.4. The Labute approximate surface area is 184 Å². The lowest BCUT2D eigenvalue weighted by molar-refractivity contribution is 0.0745. The summed E-state index contributed by atoms with van der Waals surface area (Å²) in [7, 11) is 0. The van der Waals surface area contributed by atoms with Crippen LogP contribution >= 0.6 is 11.6 Å². The molecule has 6 heteroatoms. The summed E-state index contributed by atoms with van der Waals surface area (Å²) in [6.45, 7) is 10.8. The number of benzene rings is 2. The number of carbonyl (C=O) groups excluding carboxylic acids is 1. The van der Waals surface area contributed by atoms with E-state index in [-0.39, 0.29) is 5.91 Å². The summed E-state index contributed by atoms with van der Waals surface area (Å²) in [5.41, 5.74) is 2.69. The van der Waals surface area contributed by atoms with Crippen molar-refractivity contribution in [2.45, 2.75) is 27.4 Å². The molecule has 30 heavy (non-hydrogen) atoms. The molecule has 0 aromatic heterocycles. The number of piperazine rings is 1. The molecule has 0 unspecified atom stereocenters. The van der Waals surface area contributed by atoms with Gasteiger partial charge in [0.15, 0.2) is 0 Å². The number of hydrogen-bond donors (Lipinski definition) is 0. The van der Waals surface area contributed by atoms with Crippen molar-refractivity contribution in [1.29, 1.82) is 0 Å². The van der Waals surface area contributed by atoms with Gasteiger partial charge in [-0.2, -0.15) is 0 Å². The van der Waals surface area contributed by atoms with Crippen LogP contribution in [0.5, 0.6) is 5.75 Å². The third-order valence-electron chi connectivity index (χ3n) is 5.06. The van der Waals surface area contributed by atoms with Crippen molar-refractivity contribution in [3.8, 4) is 5.75 Å². The molecule has 5 nitrogen and oxygen atoms in total. The van der Waals surface area contributed by atoms with E-state index >= 15 is 0 Å². The van der Waals surface area contributed by atoms with Crippen LogP contribution in [-0.2, 0) is 11.3 Å². The maximum atomic E-state index is 13.1. The van der Waals surface area contributed by atoms with E-state index in [2.05, 4.69) is 24.8 Å². The fraction of sp³-hybridized carbons (Fsp3) is 0.458. The molecule has 0 aliphatic carbocycles. The van der Waals surface area contributed by atoms with Crippen molar-refractivity contribution in [3.63, 3.8) is 0 Å². The van der Waals surface area contributed by atoms with Crippen molar-refractivity contribution in [1.82, 2.24) is 4.90 Å². The molecular weight excluding hydrogens is 400 g/mol. The monoisotopic (exact) mass is 430 g/mol. The summed E-state index contributed by atoms with van der Waals surface area (Å²) in [5.74, 6) is 1.29. The minimum atomic E-state index is 0.0499. The first-order valence-electron chi connectivity index (χ1n) is 10.6. The quantitative estimate of drug-likeness (QED) is 0.599. The van der Waals surface area contributed by atoms with Crippen molar-refractivity contribution in [3.05, 3.63) is 58.6 Å². The molecule has 0 bridgehead atoms. The maximum Gasteiger partial charge on any atom is 0.253 e. The van der Waals surface area contributed by atoms with Crippen molar-refractivity contribution < 1.29 is 14.3 Å². The maximum absolute atomic E-state index is 13.1. The van der Waals surface area contributed by atoms with Gasteiger partial charge in [-0.1, -0.05) is 31.5 Å². The summed E-state index contributed by atoms with van der Waals surface area (Å²) in [4.78, 5) is 17.3. The highest BCUT2D eigenvalue weighted by Gasteiger charge is 2.23. The van der Waals surface area contributed by atoms with Gasteiger partial charge in [-0.15, -0.1) is 0 Å². The number of nitrogens with zero attached hydrogens (tertiary/aromatic N) is 2. The number of rotatable bonds is 8. The van der Waals surface area contributed by atoms with Gasteiger partial charge in [0.05, 0.1) is 13.2 Å². The Balaban J connectivity index is 1.66. The molecule has 1 aliphatic rings. The van der Waals surface area contributed by atoms with Gasteiger partial charge in [0.2, 0.25) is 0 Å². The molecule has 1 amide bonds. The lowest BCUT2D eigenvalue weighted by atomic mass is 10.1. The third kappa shape index (κ3) is 5.89. The van der Waals surface area contributed by atoms with Crippen molar-refractivity contribution in [2.24, 2.45) is 5.92 Å². The molecule has 2 aromatic carbocycles. The second-order valence-corrected chi connectivity index (χ2v) is 8.36. The van der Waals surface area contributed by atoms with Crippen LogP contribution < -0.4 is 9.64 Å². The predicted molar refractivity (Wildman–Crippen MR) is 122 cm³/mol. The van der Waals surface area contributed by atoms with E-state index in [9.17, 15) is 4.79 Å². The molecule has 0 N–H and O–H groups in total. The molecule has 0 radical (unpaired) electrons. The van der Waals surface area contributed by atoms with E-state index in [0.717, 1.165) is 35.1 Å². The van der Waals surface area contributed by atoms with Crippen LogP contribution in [0.3, 0.4) is 0 Å². The van der Waals surface area contributed by atoms with Gasteiger partial charge >= 0.3 is 0 Å². The second kappa shape index (κ2) is 10.7. The number of ether oxygens (including phenoxy) is 2. The molecule has 1 saturated heterocycles. The van der Waals surface area contributed by atoms with E-state index in [4.69, 9.17) is 21.1 Å². The molecule has 2 aromatic rings. The summed E-state index contributed by atoms with van der Waals surface area (Å²) >= 11 is 6.11. The molecule has 0 saturated carbocycles. The van der Waals surface area contributed by atoms with E-state index in [1.807, 2.05) is 48.2 Å². The van der Waals surface area contributed by atoms with Crippen LogP contribution in [0.1, 0.15) is 36.7 Å². The predicted octanol–water partition coefficient (Wildman–Crippen LogP) is 4.87. The molecular formula is C24H31ClN2O3. The van der Waals surface area contributed by atoms with Gasteiger partial charge in [-0.25, -0.2) is 0 Å². The Bertz CT molecular complexity index is 848. The first-order valence-corrected chi connectivity index (χ1v) is 11.0. The Morgan fingerprint density at radius 3 is 2.53 bits per heavy atom. The van der Waals surface area contributed by atoms with E-state index in [1.165, 1.54) is 0 Å². The molecule has 0 spiro atoms. The van der Waals surface area contributed by atoms with Gasteiger partial charge < -0.3 is 19.3 Å². The molecule has 162 valence electrons. The van der Waals surface area contributed by atoms with Crippen molar-refractivity contribution >= 4 is 23.2 Å². The standard InChI is InChI=1S/C24H31ClN2O3/c1-4-30-23-9-8-19(14-20(23)17-29-16-18(2)3)24(28)27-12-10-26(11-13-27)22-7-5-6-21(25)15-22/h5-9,14-15,18H,4,10-13,16-17H2,1-3H3. The fourth-order valence-corrected chi connectivity index (χ4v) is 3.73. The lowest BCUT2D eigenvalue weighted by Gasteiger charge is -2.36. The zero-order chi connectivity index (χ0) is 21.5. The Hall–Kier alpha value is -2.24. The van der Waals surface area contributed by atoms with Crippen LogP contribution in [0.2, 0.25) is 5.02 Å². The normalized spacial score (nSPS) is 14.3. The van der Waals surface area contributed by atoms with Gasteiger partial charge in [-0.05, 0) is 49.2 Å². The van der Waals surface area contributed by atoms with Crippen LogP contribution in [0.4, 0.5) is 5.69 Å². The first-order chi connectivity index (χ1) is 14.5. The zero-order valence-electron chi connectivity index (χ0n) is 18.1. The zero-order valence-corrected chi connectivity index (χ0v) is 18.8. The number of carbonyl (C=O) groups is 1. The molecule has 1 fully saturated rings. The summed E-state index contributed by atoms with van der Waals surface area (Å²) in [6.07, 6.45) is 0. The number of halogens is 1. The summed E-state index contributed by atoms with van der Waals surface area (Å²) < 4.78 is 11.5. The molecule has 3 rings (SSSR count). The molecule has 1 heterocycles. The van der Waals surface area contributed by atoms with Crippen LogP contribution in [-0.4, -0.2) is 50.2 Å². The highest BCUT2D eigenvalue weighted by molar-refractivity contribution is 6.30. The number of hydrogen-bond acceptors (Lipinski definition) is 4. The van der Waals surface area contributed by atoms with E-state index in [0.29, 0.717) is 44.4 Å². The van der Waals surface area contributed by atoms with Gasteiger partial charge in [0.25, 0.3) is 5.91 Å². The summed E-state index contributed by atoms with van der Waals surface area (Å²) in [6, 6.07) is 13.5. The Morgan fingerprint density at radius 1 is 1.10 bits per heavy atom. The van der Waals surface area contributed by atoms with Crippen LogP contribution in [0, 0.1) is 5.92 Å². The fourth-order valence-electron chi connectivity index (χ4n) is 3.55. The largest absolute Gasteiger partial charge is 0.494 e. The lowest BCUT2D eigenvalue weighted by Crippen LogP contribution is -2.48. The van der Waals surface area contributed by atoms with Crippen LogP contribution in [0.25, 0.3) is 0 Å². The van der Waals surface area contributed by atoms with Crippen LogP contribution in [0.15, 0.2) is 42.5 Å². The molecule has 1 aliphatic heterocycles. The van der Waals surface area contributed by atoms with E-state index < -0.39 is 0 Å². The summed E-state index contributed by atoms with van der Waals surface area (Å²) in [5, 5.41) is 0.729. The molecule has 0 atom stereocenters. The average molecular weight is 431 g/mol. The second-order valence-electron chi connectivity index (χ2n) is 7.92. The highest BCUT2D eigenvalue weighted by atomic mass is 35.5. The smallest absolute Gasteiger partial charge is 0.253 e. The third-order valence-corrected chi connectivity index (χ3v) is 5.29. The number of amides is 1. The number of anilines is 1. The SMILES string of the molecule is CCOc1ccc(C(=O)N2CCN(c3cccc(Cl)c3)CC2)cc1COCC(C)C. The van der Waals surface area contributed by atoms with Crippen molar-refractivity contribution in [2.75, 3.05) is 44.3 Å². The van der Waals surface area contributed by atoms with Gasteiger partial charge in [0.1, 0.15) is 5.75 Å². The topological polar surface area (TPSA) is 42.0 Å². The minimum Gasteiger partial charge on any atom is -0.494 e. The van der Waals surface area contributed by atoms with Gasteiger partial charge in [-0.3, -0.25) is 4.79 Å². The average Bonchev–Trinajstić information content (AvgIpc) is 2.74. The minimum absolute atomic E-state index is 0.0499. The van der Waals surface area contributed by atoms with E-state index in [1.54, 1.807) is 0 Å². The Kier molecular flexibility index (Phi) is 8.00.